The maximum Gasteiger partial charge on any atom is 0.262 e. The van der Waals surface area contributed by atoms with Crippen molar-refractivity contribution in [2.24, 2.45) is 0 Å². The Bertz CT molecular complexity index is 669. The third-order valence-electron chi connectivity index (χ3n) is 2.75. The van der Waals surface area contributed by atoms with Crippen LogP contribution in [0.2, 0.25) is 0 Å². The molecule has 0 spiro atoms. The smallest absolute Gasteiger partial charge is 0.262 e. The molecule has 0 atom stereocenters. The SMILES string of the molecule is CCc1cccc(OS(=O)(=O)[O-])c1-c1ccccc1.[NH4+]. The van der Waals surface area contributed by atoms with Crippen LogP contribution >= 0.6 is 0 Å². The van der Waals surface area contributed by atoms with Gasteiger partial charge in [-0.15, -0.1) is 0 Å². The van der Waals surface area contributed by atoms with Crippen molar-refractivity contribution in [3.63, 3.8) is 0 Å². The lowest BCUT2D eigenvalue weighted by Gasteiger charge is -2.16. The van der Waals surface area contributed by atoms with Gasteiger partial charge in [0.05, 0.1) is 0 Å². The number of aryl methyl sites for hydroxylation is 1. The Hall–Kier alpha value is -1.89. The van der Waals surface area contributed by atoms with Gasteiger partial charge in [-0.3, -0.25) is 0 Å². The van der Waals surface area contributed by atoms with Crippen molar-refractivity contribution in [3.05, 3.63) is 54.1 Å². The zero-order chi connectivity index (χ0) is 13.9. The van der Waals surface area contributed by atoms with Crippen molar-refractivity contribution in [2.75, 3.05) is 0 Å². The van der Waals surface area contributed by atoms with Crippen LogP contribution in [0.1, 0.15) is 12.5 Å². The van der Waals surface area contributed by atoms with E-state index in [-0.39, 0.29) is 11.9 Å². The minimum atomic E-state index is -4.78. The van der Waals surface area contributed by atoms with Gasteiger partial charge in [-0.25, -0.2) is 8.42 Å². The molecule has 5 nitrogen and oxygen atoms in total. The average molecular weight is 295 g/mol. The van der Waals surface area contributed by atoms with Gasteiger partial charge in [0.15, 0.2) is 0 Å². The molecule has 0 aliphatic heterocycles. The van der Waals surface area contributed by atoms with E-state index < -0.39 is 10.4 Å². The largest absolute Gasteiger partial charge is 0.716 e. The number of hydrogen-bond donors (Lipinski definition) is 1. The van der Waals surface area contributed by atoms with E-state index in [0.717, 1.165) is 11.1 Å². The number of benzene rings is 2. The van der Waals surface area contributed by atoms with Crippen LogP contribution in [0, 0.1) is 0 Å². The summed E-state index contributed by atoms with van der Waals surface area (Å²) >= 11 is 0. The third kappa shape index (κ3) is 3.80. The molecule has 2 aromatic carbocycles. The number of rotatable bonds is 4. The Morgan fingerprint density at radius 3 is 2.25 bits per heavy atom. The van der Waals surface area contributed by atoms with Crippen molar-refractivity contribution in [2.45, 2.75) is 13.3 Å². The summed E-state index contributed by atoms with van der Waals surface area (Å²) in [5.41, 5.74) is 2.39. The van der Waals surface area contributed by atoms with Gasteiger partial charge in [0.25, 0.3) is 10.4 Å². The summed E-state index contributed by atoms with van der Waals surface area (Å²) < 4.78 is 37.0. The van der Waals surface area contributed by atoms with Crippen LogP contribution in [0.15, 0.2) is 48.5 Å². The molecule has 0 amide bonds. The summed E-state index contributed by atoms with van der Waals surface area (Å²) in [6, 6.07) is 14.3. The number of hydrogen-bond acceptors (Lipinski definition) is 4. The Kier molecular flexibility index (Phi) is 5.26. The van der Waals surface area contributed by atoms with E-state index in [4.69, 9.17) is 0 Å². The third-order valence-corrected chi connectivity index (χ3v) is 3.13. The van der Waals surface area contributed by atoms with E-state index in [2.05, 4.69) is 4.18 Å². The van der Waals surface area contributed by atoms with Gasteiger partial charge < -0.3 is 14.9 Å². The van der Waals surface area contributed by atoms with Gasteiger partial charge in [0, 0.05) is 5.56 Å². The minimum Gasteiger partial charge on any atom is -0.716 e. The van der Waals surface area contributed by atoms with Crippen molar-refractivity contribution >= 4 is 10.4 Å². The first-order valence-electron chi connectivity index (χ1n) is 5.84. The monoisotopic (exact) mass is 295 g/mol. The maximum absolute atomic E-state index is 10.8. The Balaban J connectivity index is 0.00000200. The second kappa shape index (κ2) is 6.51. The van der Waals surface area contributed by atoms with Gasteiger partial charge in [-0.2, -0.15) is 0 Å². The lowest BCUT2D eigenvalue weighted by Crippen LogP contribution is -2.08. The van der Waals surface area contributed by atoms with Gasteiger partial charge >= 0.3 is 0 Å². The molecule has 108 valence electrons. The molecule has 0 bridgehead atoms. The van der Waals surface area contributed by atoms with Gasteiger partial charge in [-0.05, 0) is 23.6 Å². The van der Waals surface area contributed by atoms with E-state index in [1.54, 1.807) is 6.07 Å². The lowest BCUT2D eigenvalue weighted by molar-refractivity contribution is 0.373. The topological polar surface area (TPSA) is 103 Å². The van der Waals surface area contributed by atoms with Crippen LogP contribution in [0.5, 0.6) is 5.75 Å². The summed E-state index contributed by atoms with van der Waals surface area (Å²) in [6.07, 6.45) is 0.709. The quantitative estimate of drug-likeness (QED) is 0.691. The Morgan fingerprint density at radius 1 is 1.05 bits per heavy atom. The first-order chi connectivity index (χ1) is 9.01. The van der Waals surface area contributed by atoms with E-state index >= 15 is 0 Å². The predicted molar refractivity (Wildman–Crippen MR) is 77.6 cm³/mol. The van der Waals surface area contributed by atoms with E-state index in [1.165, 1.54) is 6.07 Å². The van der Waals surface area contributed by atoms with Crippen LogP contribution in [0.3, 0.4) is 0 Å². The molecule has 0 aromatic heterocycles. The van der Waals surface area contributed by atoms with Gasteiger partial charge in [0.2, 0.25) is 0 Å². The lowest BCUT2D eigenvalue weighted by atomic mass is 9.97. The Morgan fingerprint density at radius 2 is 1.70 bits per heavy atom. The molecule has 4 N–H and O–H groups in total. The first-order valence-corrected chi connectivity index (χ1v) is 7.17. The van der Waals surface area contributed by atoms with Crippen LogP contribution in [-0.2, 0) is 16.8 Å². The molecule has 2 aromatic rings. The summed E-state index contributed by atoms with van der Waals surface area (Å²) in [4.78, 5) is 0. The van der Waals surface area contributed by atoms with Crippen LogP contribution in [0.25, 0.3) is 11.1 Å². The van der Waals surface area contributed by atoms with Crippen LogP contribution < -0.4 is 10.3 Å². The highest BCUT2D eigenvalue weighted by Crippen LogP contribution is 2.34. The summed E-state index contributed by atoms with van der Waals surface area (Å²) in [5.74, 6) is 0.0700. The summed E-state index contributed by atoms with van der Waals surface area (Å²) in [5, 5.41) is 0. The fourth-order valence-corrected chi connectivity index (χ4v) is 2.34. The molecule has 20 heavy (non-hydrogen) atoms. The highest BCUT2D eigenvalue weighted by Gasteiger charge is 2.12. The van der Waals surface area contributed by atoms with Crippen molar-refractivity contribution in [3.8, 4) is 16.9 Å². The minimum absolute atomic E-state index is 0. The Labute approximate surface area is 118 Å². The molecule has 2 rings (SSSR count). The van der Waals surface area contributed by atoms with Crippen LogP contribution in [-0.4, -0.2) is 13.0 Å². The second-order valence-electron chi connectivity index (χ2n) is 4.00. The molecule has 0 saturated heterocycles. The molecular formula is C14H17NO4S. The molecule has 0 unspecified atom stereocenters. The van der Waals surface area contributed by atoms with Crippen molar-refractivity contribution < 1.29 is 17.2 Å². The molecule has 0 fully saturated rings. The molecule has 0 saturated carbocycles. The second-order valence-corrected chi connectivity index (χ2v) is 4.98. The van der Waals surface area contributed by atoms with E-state index in [0.29, 0.717) is 12.0 Å². The van der Waals surface area contributed by atoms with Gasteiger partial charge in [-0.1, -0.05) is 49.4 Å². The normalized spacial score (nSPS) is 10.7. The first kappa shape index (κ1) is 16.2. The van der Waals surface area contributed by atoms with E-state index in [9.17, 15) is 13.0 Å². The molecular weight excluding hydrogens is 278 g/mol. The average Bonchev–Trinajstić information content (AvgIpc) is 2.37. The zero-order valence-electron chi connectivity index (χ0n) is 11.4. The summed E-state index contributed by atoms with van der Waals surface area (Å²) in [6.45, 7) is 1.96. The molecule has 6 heteroatoms. The van der Waals surface area contributed by atoms with E-state index in [1.807, 2.05) is 43.3 Å². The molecule has 0 aliphatic rings. The van der Waals surface area contributed by atoms with Crippen molar-refractivity contribution in [1.29, 1.82) is 0 Å². The predicted octanol–water partition coefficient (Wildman–Crippen LogP) is 3.13. The fourth-order valence-electron chi connectivity index (χ4n) is 1.98. The fraction of sp³-hybridized carbons (Fsp3) is 0.143. The highest BCUT2D eigenvalue weighted by atomic mass is 32.3. The molecule has 0 aliphatic carbocycles. The van der Waals surface area contributed by atoms with Crippen LogP contribution in [0.4, 0.5) is 0 Å². The molecule has 0 radical (unpaired) electrons. The van der Waals surface area contributed by atoms with Crippen molar-refractivity contribution in [1.82, 2.24) is 6.15 Å². The highest BCUT2D eigenvalue weighted by molar-refractivity contribution is 7.81. The van der Waals surface area contributed by atoms with Gasteiger partial charge in [0.1, 0.15) is 5.75 Å². The molecule has 0 heterocycles. The zero-order valence-corrected chi connectivity index (χ0v) is 12.2. The standard InChI is InChI=1S/C14H14O4S.H3N/c1-2-11-9-6-10-13(18-19(15,16)17)14(11)12-7-4-3-5-8-12;/h3-10H,2H2,1H3,(H,15,16,17);1H3. The summed E-state index contributed by atoms with van der Waals surface area (Å²) in [7, 11) is -4.78. The maximum atomic E-state index is 10.8. The number of quaternary nitrogens is 1.